The minimum Gasteiger partial charge on any atom is -0.497 e. The normalized spacial score (nSPS) is 11.1. The van der Waals surface area contributed by atoms with E-state index in [-0.39, 0.29) is 34.5 Å². The van der Waals surface area contributed by atoms with E-state index in [1.165, 1.54) is 22.5 Å². The summed E-state index contributed by atoms with van der Waals surface area (Å²) in [5, 5.41) is 2.97. The average Bonchev–Trinajstić information content (AvgIpc) is 2.76. The van der Waals surface area contributed by atoms with Gasteiger partial charge in [0.25, 0.3) is 10.0 Å². The molecular formula is C23H23ClN2O4S. The number of halogens is 1. The van der Waals surface area contributed by atoms with Crippen LogP contribution in [0.3, 0.4) is 0 Å². The number of anilines is 2. The third kappa shape index (κ3) is 5.37. The van der Waals surface area contributed by atoms with Crippen molar-refractivity contribution in [1.29, 1.82) is 0 Å². The highest BCUT2D eigenvalue weighted by Gasteiger charge is 2.24. The molecule has 0 aliphatic rings. The summed E-state index contributed by atoms with van der Waals surface area (Å²) in [6.45, 7) is 2.02. The number of benzene rings is 3. The highest BCUT2D eigenvalue weighted by atomic mass is 35.5. The Kier molecular flexibility index (Phi) is 7.20. The van der Waals surface area contributed by atoms with E-state index < -0.39 is 10.0 Å². The maximum Gasteiger partial charge on any atom is 0.264 e. The number of para-hydroxylation sites is 1. The third-order valence-electron chi connectivity index (χ3n) is 4.66. The summed E-state index contributed by atoms with van der Waals surface area (Å²) in [5.41, 5.74) is 1.59. The molecule has 162 valence electrons. The summed E-state index contributed by atoms with van der Waals surface area (Å²) in [5.74, 6) is 0.390. The van der Waals surface area contributed by atoms with Crippen LogP contribution in [0.1, 0.15) is 12.5 Å². The van der Waals surface area contributed by atoms with Crippen molar-refractivity contribution in [2.45, 2.75) is 18.2 Å². The number of rotatable bonds is 8. The molecule has 0 aliphatic heterocycles. The zero-order valence-electron chi connectivity index (χ0n) is 17.2. The molecule has 0 radical (unpaired) electrons. The smallest absolute Gasteiger partial charge is 0.264 e. The van der Waals surface area contributed by atoms with E-state index in [4.69, 9.17) is 16.3 Å². The number of hydrogen-bond acceptors (Lipinski definition) is 4. The van der Waals surface area contributed by atoms with Gasteiger partial charge in [0.1, 0.15) is 5.75 Å². The highest BCUT2D eigenvalue weighted by Crippen LogP contribution is 2.29. The molecule has 3 aromatic rings. The van der Waals surface area contributed by atoms with Crippen LogP contribution >= 0.6 is 11.6 Å². The maximum absolute atomic E-state index is 13.2. The van der Waals surface area contributed by atoms with Crippen LogP contribution in [-0.4, -0.2) is 28.0 Å². The fraction of sp³-hybridized carbons (Fsp3) is 0.174. The van der Waals surface area contributed by atoms with Gasteiger partial charge in [-0.05, 0) is 55.0 Å². The molecule has 0 bridgehead atoms. The fourth-order valence-corrected chi connectivity index (χ4v) is 4.76. The van der Waals surface area contributed by atoms with E-state index in [0.29, 0.717) is 11.4 Å². The number of amides is 1. The monoisotopic (exact) mass is 458 g/mol. The summed E-state index contributed by atoms with van der Waals surface area (Å²) in [7, 11) is -2.26. The molecule has 3 aromatic carbocycles. The second-order valence-corrected chi connectivity index (χ2v) is 8.99. The molecule has 0 aromatic heterocycles. The SMILES string of the molecule is CCN(c1ccccc1)S(=O)(=O)c1ccc(Cl)c(NC(=O)Cc2ccc(OC)cc2)c1. The van der Waals surface area contributed by atoms with Gasteiger partial charge in [-0.1, -0.05) is 41.9 Å². The zero-order chi connectivity index (χ0) is 22.4. The summed E-state index contributed by atoms with van der Waals surface area (Å²) >= 11 is 6.22. The number of nitrogens with zero attached hydrogens (tertiary/aromatic N) is 1. The van der Waals surface area contributed by atoms with Crippen LogP contribution in [0.2, 0.25) is 5.02 Å². The van der Waals surface area contributed by atoms with Gasteiger partial charge >= 0.3 is 0 Å². The van der Waals surface area contributed by atoms with E-state index in [9.17, 15) is 13.2 Å². The molecule has 1 amide bonds. The Hall–Kier alpha value is -3.03. The number of sulfonamides is 1. The lowest BCUT2D eigenvalue weighted by Gasteiger charge is -2.23. The van der Waals surface area contributed by atoms with Crippen molar-refractivity contribution >= 4 is 38.9 Å². The van der Waals surface area contributed by atoms with Crippen LogP contribution in [-0.2, 0) is 21.2 Å². The van der Waals surface area contributed by atoms with Crippen LogP contribution in [0, 0.1) is 0 Å². The van der Waals surface area contributed by atoms with E-state index in [1.54, 1.807) is 62.6 Å². The molecule has 0 saturated carbocycles. The van der Waals surface area contributed by atoms with E-state index >= 15 is 0 Å². The van der Waals surface area contributed by atoms with Crippen LogP contribution in [0.25, 0.3) is 0 Å². The number of ether oxygens (including phenoxy) is 1. The Morgan fingerprint density at radius 3 is 2.32 bits per heavy atom. The second kappa shape index (κ2) is 9.85. The van der Waals surface area contributed by atoms with Crippen molar-refractivity contribution in [3.05, 3.63) is 83.4 Å². The molecular weight excluding hydrogens is 436 g/mol. The first-order chi connectivity index (χ1) is 14.8. The number of carbonyl (C=O) groups excluding carboxylic acids is 1. The highest BCUT2D eigenvalue weighted by molar-refractivity contribution is 7.92. The summed E-state index contributed by atoms with van der Waals surface area (Å²) in [6.07, 6.45) is 0.113. The van der Waals surface area contributed by atoms with Crippen molar-refractivity contribution in [1.82, 2.24) is 0 Å². The molecule has 0 saturated heterocycles. The Bertz CT molecular complexity index is 1150. The molecule has 0 aliphatic carbocycles. The lowest BCUT2D eigenvalue weighted by molar-refractivity contribution is -0.115. The largest absolute Gasteiger partial charge is 0.497 e. The average molecular weight is 459 g/mol. The topological polar surface area (TPSA) is 75.7 Å². The van der Waals surface area contributed by atoms with Gasteiger partial charge in [0, 0.05) is 6.54 Å². The second-order valence-electron chi connectivity index (χ2n) is 6.72. The molecule has 8 heteroatoms. The first-order valence-corrected chi connectivity index (χ1v) is 11.5. The van der Waals surface area contributed by atoms with Gasteiger partial charge in [0.05, 0.1) is 34.8 Å². The van der Waals surface area contributed by atoms with Crippen molar-refractivity contribution in [3.63, 3.8) is 0 Å². The number of nitrogens with one attached hydrogen (secondary N) is 1. The Balaban J connectivity index is 1.82. The Morgan fingerprint density at radius 2 is 1.71 bits per heavy atom. The van der Waals surface area contributed by atoms with Gasteiger partial charge in [-0.25, -0.2) is 8.42 Å². The number of carbonyl (C=O) groups is 1. The van der Waals surface area contributed by atoms with Crippen molar-refractivity contribution in [2.24, 2.45) is 0 Å². The molecule has 31 heavy (non-hydrogen) atoms. The van der Waals surface area contributed by atoms with Crippen molar-refractivity contribution in [2.75, 3.05) is 23.3 Å². The predicted octanol–water partition coefficient (Wildman–Crippen LogP) is 4.75. The van der Waals surface area contributed by atoms with E-state index in [2.05, 4.69) is 5.32 Å². The number of hydrogen-bond donors (Lipinski definition) is 1. The third-order valence-corrected chi connectivity index (χ3v) is 6.88. The Morgan fingerprint density at radius 1 is 1.03 bits per heavy atom. The van der Waals surface area contributed by atoms with Gasteiger partial charge in [0.2, 0.25) is 5.91 Å². The molecule has 0 heterocycles. The lowest BCUT2D eigenvalue weighted by Crippen LogP contribution is -2.30. The number of methoxy groups -OCH3 is 1. The standard InChI is InChI=1S/C23H23ClN2O4S/c1-3-26(18-7-5-4-6-8-18)31(28,29)20-13-14-21(24)22(16-20)25-23(27)15-17-9-11-19(30-2)12-10-17/h4-14,16H,3,15H2,1-2H3,(H,25,27). The van der Waals surface area contributed by atoms with Crippen LogP contribution in [0.4, 0.5) is 11.4 Å². The quantitative estimate of drug-likeness (QED) is 0.528. The molecule has 3 rings (SSSR count). The maximum atomic E-state index is 13.2. The van der Waals surface area contributed by atoms with Gasteiger partial charge in [-0.2, -0.15) is 0 Å². The van der Waals surface area contributed by atoms with Gasteiger partial charge < -0.3 is 10.1 Å². The molecule has 6 nitrogen and oxygen atoms in total. The molecule has 0 unspecified atom stereocenters. The fourth-order valence-electron chi connectivity index (χ4n) is 3.10. The molecule has 0 fully saturated rings. The van der Waals surface area contributed by atoms with Crippen molar-refractivity contribution in [3.8, 4) is 5.75 Å². The van der Waals surface area contributed by atoms with E-state index in [0.717, 1.165) is 5.56 Å². The van der Waals surface area contributed by atoms with Crippen molar-refractivity contribution < 1.29 is 17.9 Å². The lowest BCUT2D eigenvalue weighted by atomic mass is 10.1. The molecule has 0 spiro atoms. The summed E-state index contributed by atoms with van der Waals surface area (Å²) in [6, 6.07) is 20.2. The van der Waals surface area contributed by atoms with E-state index in [1.807, 2.05) is 6.07 Å². The minimum atomic E-state index is -3.84. The van der Waals surface area contributed by atoms with Crippen LogP contribution in [0.15, 0.2) is 77.7 Å². The predicted molar refractivity (Wildman–Crippen MR) is 123 cm³/mol. The van der Waals surface area contributed by atoms with Gasteiger partial charge in [0.15, 0.2) is 0 Å². The van der Waals surface area contributed by atoms with Crippen LogP contribution in [0.5, 0.6) is 5.75 Å². The first kappa shape index (κ1) is 22.7. The zero-order valence-corrected chi connectivity index (χ0v) is 18.8. The van der Waals surface area contributed by atoms with Gasteiger partial charge in [-0.15, -0.1) is 0 Å². The van der Waals surface area contributed by atoms with Gasteiger partial charge in [-0.3, -0.25) is 9.10 Å². The minimum absolute atomic E-state index is 0.0438. The van der Waals surface area contributed by atoms with Crippen LogP contribution < -0.4 is 14.4 Å². The Labute approximate surface area is 187 Å². The molecule has 0 atom stereocenters. The summed E-state index contributed by atoms with van der Waals surface area (Å²) < 4.78 is 32.9. The molecule has 1 N–H and O–H groups in total. The summed E-state index contributed by atoms with van der Waals surface area (Å²) in [4.78, 5) is 12.5. The first-order valence-electron chi connectivity index (χ1n) is 9.65.